The molecule has 0 aliphatic heterocycles. The van der Waals surface area contributed by atoms with Gasteiger partial charge in [0, 0.05) is 36.3 Å². The van der Waals surface area contributed by atoms with Crippen LogP contribution in [0, 0.1) is 23.2 Å². The first-order valence-electron chi connectivity index (χ1n) is 16.8. The highest BCUT2D eigenvalue weighted by Gasteiger charge is 2.43. The number of benzene rings is 1. The summed E-state index contributed by atoms with van der Waals surface area (Å²) in [5.74, 6) is -2.25. The first-order chi connectivity index (χ1) is 22.0. The second kappa shape index (κ2) is 18.0. The summed E-state index contributed by atoms with van der Waals surface area (Å²) in [6.07, 6.45) is 4.53. The third kappa shape index (κ3) is 12.1. The van der Waals surface area contributed by atoms with E-state index in [1.54, 1.807) is 57.3 Å². The Bertz CT molecular complexity index is 1270. The lowest BCUT2D eigenvalue weighted by atomic mass is 9.85. The molecule has 0 fully saturated rings. The third-order valence-corrected chi connectivity index (χ3v) is 8.25. The number of imidazole rings is 1. The van der Waals surface area contributed by atoms with E-state index in [4.69, 9.17) is 4.74 Å². The molecule has 0 radical (unpaired) electrons. The minimum Gasteiger partial charge on any atom is -0.444 e. The number of hydrogen-bond donors (Lipinski definition) is 5. The number of aliphatic hydroxyl groups excluding tert-OH is 1. The van der Waals surface area contributed by atoms with Crippen molar-refractivity contribution in [2.45, 2.75) is 118 Å². The van der Waals surface area contributed by atoms with Crippen molar-refractivity contribution < 1.29 is 29.0 Å². The first kappa shape index (κ1) is 39.4. The van der Waals surface area contributed by atoms with E-state index in [0.29, 0.717) is 24.2 Å². The lowest BCUT2D eigenvalue weighted by Gasteiger charge is -2.34. The summed E-state index contributed by atoms with van der Waals surface area (Å²) in [7, 11) is 0. The number of aliphatic hydroxyl groups is 1. The average molecular weight is 656 g/mol. The number of ether oxygens (including phenoxy) is 1. The Morgan fingerprint density at radius 3 is 2.15 bits per heavy atom. The number of nitrogens with one attached hydrogen (secondary N) is 4. The predicted octanol–water partition coefficient (Wildman–Crippen LogP) is 4.41. The number of nitrogens with zero attached hydrogens (tertiary/aromatic N) is 1. The largest absolute Gasteiger partial charge is 0.444 e. The van der Waals surface area contributed by atoms with Gasteiger partial charge in [-0.25, -0.2) is 4.98 Å². The molecule has 0 aliphatic rings. The molecule has 2 rings (SSSR count). The topological polar surface area (TPSA) is 163 Å². The fourth-order valence-corrected chi connectivity index (χ4v) is 5.18. The van der Waals surface area contributed by atoms with Gasteiger partial charge in [0.25, 0.3) is 5.91 Å². The quantitative estimate of drug-likeness (QED) is 0.117. The molecule has 2 unspecified atom stereocenters. The van der Waals surface area contributed by atoms with Crippen molar-refractivity contribution in [3.05, 3.63) is 54.1 Å². The van der Waals surface area contributed by atoms with Crippen molar-refractivity contribution in [3.63, 3.8) is 0 Å². The van der Waals surface area contributed by atoms with Crippen molar-refractivity contribution in [2.24, 2.45) is 23.2 Å². The molecule has 47 heavy (non-hydrogen) atoms. The zero-order chi connectivity index (χ0) is 35.4. The monoisotopic (exact) mass is 655 g/mol. The Labute approximate surface area is 280 Å². The van der Waals surface area contributed by atoms with Crippen molar-refractivity contribution in [1.29, 1.82) is 0 Å². The van der Waals surface area contributed by atoms with Crippen LogP contribution in [0.25, 0.3) is 0 Å². The molecule has 11 nitrogen and oxygen atoms in total. The van der Waals surface area contributed by atoms with Crippen molar-refractivity contribution in [3.8, 4) is 0 Å². The maximum absolute atomic E-state index is 14.1. The van der Waals surface area contributed by atoms with Gasteiger partial charge < -0.3 is 30.8 Å². The van der Waals surface area contributed by atoms with Crippen molar-refractivity contribution in [2.75, 3.05) is 6.54 Å². The van der Waals surface area contributed by atoms with Gasteiger partial charge in [-0.2, -0.15) is 0 Å². The van der Waals surface area contributed by atoms with Gasteiger partial charge in [-0.05, 0) is 58.8 Å². The van der Waals surface area contributed by atoms with Crippen LogP contribution in [0.3, 0.4) is 0 Å². The molecule has 0 saturated carbocycles. The van der Waals surface area contributed by atoms with Crippen LogP contribution in [-0.4, -0.2) is 63.5 Å². The number of carbonyl (C=O) groups excluding carboxylic acids is 4. The lowest BCUT2D eigenvalue weighted by Crippen LogP contribution is -2.57. The normalized spacial score (nSPS) is 15.7. The second-order valence-corrected chi connectivity index (χ2v) is 14.4. The maximum Gasteiger partial charge on any atom is 0.312 e. The van der Waals surface area contributed by atoms with E-state index in [0.717, 1.165) is 12.8 Å². The Kier molecular flexibility index (Phi) is 15.1. The summed E-state index contributed by atoms with van der Waals surface area (Å²) in [5, 5.41) is 20.3. The second-order valence-electron chi connectivity index (χ2n) is 14.4. The molecule has 11 heteroatoms. The zero-order valence-corrected chi connectivity index (χ0v) is 29.7. The molecule has 1 aromatic carbocycles. The minimum absolute atomic E-state index is 0.0273. The number of rotatable bonds is 18. The van der Waals surface area contributed by atoms with Crippen LogP contribution in [0.5, 0.6) is 0 Å². The smallest absolute Gasteiger partial charge is 0.312 e. The highest BCUT2D eigenvalue weighted by molar-refractivity contribution is 5.94. The van der Waals surface area contributed by atoms with Gasteiger partial charge >= 0.3 is 5.97 Å². The van der Waals surface area contributed by atoms with E-state index in [2.05, 4.69) is 32.8 Å². The molecule has 262 valence electrons. The molecular formula is C36H57N5O6. The maximum atomic E-state index is 14.1. The number of carbonyl (C=O) groups is 4. The fraction of sp³-hybridized carbons (Fsp3) is 0.639. The minimum atomic E-state index is -1.75. The van der Waals surface area contributed by atoms with Gasteiger partial charge in [-0.1, -0.05) is 71.4 Å². The Morgan fingerprint density at radius 2 is 1.62 bits per heavy atom. The summed E-state index contributed by atoms with van der Waals surface area (Å²) in [4.78, 5) is 61.2. The van der Waals surface area contributed by atoms with Gasteiger partial charge in [0.2, 0.25) is 17.4 Å². The molecule has 5 N–H and O–H groups in total. The first-order valence-corrected chi connectivity index (χ1v) is 16.8. The van der Waals surface area contributed by atoms with Gasteiger partial charge in [-0.3, -0.25) is 19.2 Å². The number of aromatic amines is 1. The Balaban J connectivity index is 2.38. The van der Waals surface area contributed by atoms with Crippen LogP contribution >= 0.6 is 0 Å². The molecule has 3 amide bonds. The van der Waals surface area contributed by atoms with Gasteiger partial charge in [0.15, 0.2) is 0 Å². The van der Waals surface area contributed by atoms with Crippen LogP contribution in [0.4, 0.5) is 0 Å². The summed E-state index contributed by atoms with van der Waals surface area (Å²) in [5.41, 5.74) is -1.59. The standard InChI is InChI=1S/C36H57N5O6/c1-10-11-17-38-31(43)27(24(4)5)20-30(42)28(18-23(2)3)40-32(44)29(19-26-21-37-22-39-26)41-33(45)36(9,25-15-13-12-14-16-25)47-34(46)35(6,7)8/h12-16,21-24,27-30,42H,10-11,17-20H2,1-9H3,(H,37,39)(H,38,43)(H,40,44)(H,41,45)/t27-,28-,29-,30?,36?/m0/s1. The summed E-state index contributed by atoms with van der Waals surface area (Å²) >= 11 is 0. The van der Waals surface area contributed by atoms with E-state index in [1.165, 1.54) is 13.3 Å². The van der Waals surface area contributed by atoms with Crippen LogP contribution in [0.2, 0.25) is 0 Å². The highest BCUT2D eigenvalue weighted by Crippen LogP contribution is 2.30. The van der Waals surface area contributed by atoms with E-state index in [9.17, 15) is 24.3 Å². The van der Waals surface area contributed by atoms with Gasteiger partial charge in [0.05, 0.1) is 23.9 Å². The van der Waals surface area contributed by atoms with Crippen LogP contribution in [0.1, 0.15) is 99.3 Å². The highest BCUT2D eigenvalue weighted by atomic mass is 16.6. The summed E-state index contributed by atoms with van der Waals surface area (Å²) in [6.45, 7) is 17.1. The van der Waals surface area contributed by atoms with E-state index < -0.39 is 52.9 Å². The van der Waals surface area contributed by atoms with Crippen molar-refractivity contribution in [1.82, 2.24) is 25.9 Å². The number of H-pyrrole nitrogens is 1. The molecule has 1 heterocycles. The van der Waals surface area contributed by atoms with Gasteiger partial charge in [0.1, 0.15) is 6.04 Å². The zero-order valence-electron chi connectivity index (χ0n) is 29.7. The molecule has 5 atom stereocenters. The van der Waals surface area contributed by atoms with Crippen molar-refractivity contribution >= 4 is 23.7 Å². The Morgan fingerprint density at radius 1 is 0.957 bits per heavy atom. The molecule has 1 aromatic heterocycles. The molecule has 0 spiro atoms. The number of amides is 3. The van der Waals surface area contributed by atoms with Crippen LogP contribution in [0.15, 0.2) is 42.9 Å². The molecule has 0 bridgehead atoms. The lowest BCUT2D eigenvalue weighted by molar-refractivity contribution is -0.176. The number of hydrogen-bond acceptors (Lipinski definition) is 7. The average Bonchev–Trinajstić information content (AvgIpc) is 3.51. The summed E-state index contributed by atoms with van der Waals surface area (Å²) < 4.78 is 5.88. The van der Waals surface area contributed by atoms with E-state index in [-0.39, 0.29) is 30.6 Å². The van der Waals surface area contributed by atoms with E-state index in [1.807, 2.05) is 27.7 Å². The molecule has 0 saturated heterocycles. The number of aromatic nitrogens is 2. The molecular weight excluding hydrogens is 598 g/mol. The fourth-order valence-electron chi connectivity index (χ4n) is 5.18. The third-order valence-electron chi connectivity index (χ3n) is 8.25. The Hall–Kier alpha value is -3.73. The predicted molar refractivity (Wildman–Crippen MR) is 182 cm³/mol. The summed E-state index contributed by atoms with van der Waals surface area (Å²) in [6, 6.07) is 6.86. The van der Waals surface area contributed by atoms with E-state index >= 15 is 0 Å². The SMILES string of the molecule is CCCCNC(=O)[C@@H](CC(O)[C@H](CC(C)C)NC(=O)[C@H](Cc1cnc[nH]1)NC(=O)C(C)(OC(=O)C(C)(C)C)c1ccccc1)C(C)C. The van der Waals surface area contributed by atoms with Crippen LogP contribution < -0.4 is 16.0 Å². The number of esters is 1. The molecule has 2 aromatic rings. The number of unbranched alkanes of at least 4 members (excludes halogenated alkanes) is 1. The van der Waals surface area contributed by atoms with Crippen LogP contribution in [-0.2, 0) is 35.9 Å². The molecule has 0 aliphatic carbocycles. The van der Waals surface area contributed by atoms with Gasteiger partial charge in [-0.15, -0.1) is 0 Å².